The summed E-state index contributed by atoms with van der Waals surface area (Å²) in [6, 6.07) is 6.16. The van der Waals surface area contributed by atoms with Crippen molar-refractivity contribution in [1.29, 1.82) is 0 Å². The smallest absolute Gasteiger partial charge is 0.242 e. The van der Waals surface area contributed by atoms with Crippen molar-refractivity contribution in [3.63, 3.8) is 0 Å². The van der Waals surface area contributed by atoms with Crippen LogP contribution in [-0.2, 0) is 10.0 Å². The van der Waals surface area contributed by atoms with Crippen molar-refractivity contribution in [3.8, 4) is 0 Å². The van der Waals surface area contributed by atoms with E-state index in [1.54, 1.807) is 12.1 Å². The van der Waals surface area contributed by atoms with Crippen molar-refractivity contribution in [2.24, 2.45) is 0 Å². The Bertz CT molecular complexity index is 574. The molecule has 1 saturated carbocycles. The van der Waals surface area contributed by atoms with Gasteiger partial charge in [-0.15, -0.1) is 0 Å². The highest BCUT2D eigenvalue weighted by Crippen LogP contribution is 2.27. The van der Waals surface area contributed by atoms with Crippen LogP contribution < -0.4 is 10.0 Å². The van der Waals surface area contributed by atoms with Gasteiger partial charge in [0.25, 0.3) is 0 Å². The quantitative estimate of drug-likeness (QED) is 0.431. The maximum Gasteiger partial charge on any atom is 0.242 e. The van der Waals surface area contributed by atoms with Gasteiger partial charge in [-0.2, -0.15) is 0 Å². The molecule has 0 radical (unpaired) electrons. The Morgan fingerprint density at radius 2 is 1.67 bits per heavy atom. The average molecular weight is 316 g/mol. The van der Waals surface area contributed by atoms with E-state index < -0.39 is 35.4 Å². The van der Waals surface area contributed by atoms with Gasteiger partial charge in [-0.1, -0.05) is 12.1 Å². The van der Waals surface area contributed by atoms with Gasteiger partial charge in [0.2, 0.25) is 10.0 Å². The second kappa shape index (κ2) is 6.29. The highest BCUT2D eigenvalue weighted by Gasteiger charge is 2.32. The molecule has 0 aromatic heterocycles. The van der Waals surface area contributed by atoms with Crippen molar-refractivity contribution in [2.45, 2.75) is 29.3 Å². The molecular formula is C13H20N2O5S. The monoisotopic (exact) mass is 316 g/mol. The number of rotatable bonds is 8. The molecule has 8 heteroatoms. The van der Waals surface area contributed by atoms with Crippen LogP contribution in [0.2, 0.25) is 0 Å². The van der Waals surface area contributed by atoms with Crippen LogP contribution in [-0.4, -0.2) is 55.1 Å². The molecule has 0 bridgehead atoms. The van der Waals surface area contributed by atoms with E-state index in [0.717, 1.165) is 12.8 Å². The van der Waals surface area contributed by atoms with Gasteiger partial charge in [0, 0.05) is 6.04 Å². The molecule has 0 aliphatic heterocycles. The summed E-state index contributed by atoms with van der Waals surface area (Å²) >= 11 is 0. The van der Waals surface area contributed by atoms with Gasteiger partial charge >= 0.3 is 0 Å². The summed E-state index contributed by atoms with van der Waals surface area (Å²) in [6.07, 6.45) is 1.64. The van der Waals surface area contributed by atoms with Gasteiger partial charge in [-0.25, -0.2) is 13.1 Å². The Labute approximate surface area is 123 Å². The van der Waals surface area contributed by atoms with Gasteiger partial charge in [-0.3, -0.25) is 0 Å². The maximum atomic E-state index is 12.3. The number of aliphatic hydroxyl groups is 3. The molecule has 0 saturated heterocycles. The minimum absolute atomic E-state index is 0.0247. The lowest BCUT2D eigenvalue weighted by Crippen LogP contribution is -2.49. The van der Waals surface area contributed by atoms with Crippen LogP contribution in [0.25, 0.3) is 0 Å². The fraction of sp³-hybridized carbons (Fsp3) is 0.538. The molecule has 0 atom stereocenters. The van der Waals surface area contributed by atoms with Crippen LogP contribution in [0.4, 0.5) is 5.69 Å². The van der Waals surface area contributed by atoms with E-state index >= 15 is 0 Å². The molecule has 7 nitrogen and oxygen atoms in total. The maximum absolute atomic E-state index is 12.3. The molecule has 0 unspecified atom stereocenters. The first-order valence-corrected chi connectivity index (χ1v) is 8.17. The molecule has 2 rings (SSSR count). The lowest BCUT2D eigenvalue weighted by molar-refractivity contribution is 0.0832. The van der Waals surface area contributed by atoms with Gasteiger partial charge < -0.3 is 20.6 Å². The molecule has 1 aromatic carbocycles. The van der Waals surface area contributed by atoms with Crippen LogP contribution >= 0.6 is 0 Å². The molecule has 118 valence electrons. The Hall–Kier alpha value is -1.19. The zero-order chi connectivity index (χ0) is 15.5. The summed E-state index contributed by atoms with van der Waals surface area (Å²) in [5.74, 6) is 0. The summed E-state index contributed by atoms with van der Waals surface area (Å²) in [5, 5.41) is 30.8. The zero-order valence-electron chi connectivity index (χ0n) is 11.5. The van der Waals surface area contributed by atoms with Gasteiger partial charge in [0.05, 0.1) is 25.5 Å². The predicted molar refractivity (Wildman–Crippen MR) is 77.4 cm³/mol. The highest BCUT2D eigenvalue weighted by atomic mass is 32.2. The van der Waals surface area contributed by atoms with Crippen LogP contribution in [0, 0.1) is 0 Å². The minimum Gasteiger partial charge on any atom is -0.394 e. The number of anilines is 1. The lowest BCUT2D eigenvalue weighted by Gasteiger charge is -2.30. The van der Waals surface area contributed by atoms with Crippen molar-refractivity contribution < 1.29 is 23.7 Å². The zero-order valence-corrected chi connectivity index (χ0v) is 12.3. The Balaban J connectivity index is 2.32. The average Bonchev–Trinajstić information content (AvgIpc) is 3.28. The highest BCUT2D eigenvalue weighted by molar-refractivity contribution is 7.89. The number of hydrogen-bond donors (Lipinski definition) is 5. The van der Waals surface area contributed by atoms with Crippen LogP contribution in [0.5, 0.6) is 0 Å². The largest absolute Gasteiger partial charge is 0.394 e. The Morgan fingerprint density at radius 3 is 2.19 bits per heavy atom. The van der Waals surface area contributed by atoms with Crippen molar-refractivity contribution in [2.75, 3.05) is 25.1 Å². The van der Waals surface area contributed by atoms with E-state index in [0.29, 0.717) is 0 Å². The van der Waals surface area contributed by atoms with E-state index in [-0.39, 0.29) is 16.6 Å². The molecule has 1 fully saturated rings. The molecule has 0 amide bonds. The second-order valence-electron chi connectivity index (χ2n) is 5.27. The fourth-order valence-electron chi connectivity index (χ4n) is 1.84. The number of nitrogens with one attached hydrogen (secondary N) is 2. The first-order valence-electron chi connectivity index (χ1n) is 6.68. The molecular weight excluding hydrogens is 296 g/mol. The molecule has 0 heterocycles. The molecule has 1 aliphatic rings. The van der Waals surface area contributed by atoms with E-state index in [9.17, 15) is 23.7 Å². The van der Waals surface area contributed by atoms with Crippen molar-refractivity contribution >= 4 is 15.7 Å². The Morgan fingerprint density at radius 1 is 1.10 bits per heavy atom. The summed E-state index contributed by atoms with van der Waals surface area (Å²) in [7, 11) is -3.68. The van der Waals surface area contributed by atoms with Crippen molar-refractivity contribution in [3.05, 3.63) is 24.3 Å². The predicted octanol–water partition coefficient (Wildman–Crippen LogP) is -0.745. The van der Waals surface area contributed by atoms with Crippen molar-refractivity contribution in [1.82, 2.24) is 4.72 Å². The van der Waals surface area contributed by atoms with Gasteiger partial charge in [-0.05, 0) is 25.0 Å². The van der Waals surface area contributed by atoms with Gasteiger partial charge in [0.15, 0.2) is 0 Å². The third kappa shape index (κ3) is 3.72. The minimum atomic E-state index is -3.68. The molecule has 5 N–H and O–H groups in total. The second-order valence-corrected chi connectivity index (χ2v) is 6.95. The molecule has 0 spiro atoms. The van der Waals surface area contributed by atoms with Crippen LogP contribution in [0.3, 0.4) is 0 Å². The number of sulfonamides is 1. The summed E-state index contributed by atoms with van der Waals surface area (Å²) in [6.45, 7) is -1.61. The third-order valence-corrected chi connectivity index (χ3v) is 4.96. The summed E-state index contributed by atoms with van der Waals surface area (Å²) in [4.78, 5) is 0.0247. The van der Waals surface area contributed by atoms with Gasteiger partial charge in [0.1, 0.15) is 10.4 Å². The standard InChI is InChI=1S/C13H20N2O5S/c16-7-13(8-17,9-18)14-11-3-1-2-4-12(11)21(19,20)15-10-5-6-10/h1-4,10,14-18H,5-9H2. The number of benzene rings is 1. The first-order chi connectivity index (χ1) is 9.96. The molecule has 1 aliphatic carbocycles. The van der Waals surface area contributed by atoms with E-state index in [2.05, 4.69) is 10.0 Å². The number of aliphatic hydroxyl groups excluding tert-OH is 3. The number of hydrogen-bond acceptors (Lipinski definition) is 6. The van der Waals surface area contributed by atoms with E-state index in [1.807, 2.05) is 0 Å². The van der Waals surface area contributed by atoms with Crippen LogP contribution in [0.1, 0.15) is 12.8 Å². The van der Waals surface area contributed by atoms with Crippen LogP contribution in [0.15, 0.2) is 29.2 Å². The first kappa shape index (κ1) is 16.2. The topological polar surface area (TPSA) is 119 Å². The van der Waals surface area contributed by atoms with E-state index in [4.69, 9.17) is 0 Å². The lowest BCUT2D eigenvalue weighted by atomic mass is 10.0. The normalized spacial score (nSPS) is 16.0. The Kier molecular flexibility index (Phi) is 4.84. The van der Waals surface area contributed by atoms with E-state index in [1.165, 1.54) is 12.1 Å². The molecule has 1 aromatic rings. The summed E-state index contributed by atoms with van der Waals surface area (Å²) < 4.78 is 27.2. The molecule has 21 heavy (non-hydrogen) atoms. The number of para-hydroxylation sites is 1. The fourth-order valence-corrected chi connectivity index (χ4v) is 3.31. The third-order valence-electron chi connectivity index (χ3n) is 3.38. The SMILES string of the molecule is O=S(=O)(NC1CC1)c1ccccc1NC(CO)(CO)CO. The summed E-state index contributed by atoms with van der Waals surface area (Å²) in [5.41, 5.74) is -1.16.